The molecule has 11 aromatic rings. The van der Waals surface area contributed by atoms with Crippen LogP contribution in [0.2, 0.25) is 0 Å². The minimum absolute atomic E-state index is 1.02. The van der Waals surface area contributed by atoms with Crippen LogP contribution in [0.25, 0.3) is 87.0 Å². The van der Waals surface area contributed by atoms with Gasteiger partial charge in [-0.3, -0.25) is 0 Å². The number of hydrogen-bond donors (Lipinski definition) is 0. The molecule has 2 nitrogen and oxygen atoms in total. The molecule has 0 N–H and O–H groups in total. The molecule has 61 heavy (non-hydrogen) atoms. The van der Waals surface area contributed by atoms with E-state index >= 15 is 0 Å². The molecule has 0 amide bonds. The molecule has 0 radical (unpaired) electrons. The Morgan fingerprint density at radius 3 is 2.05 bits per heavy atom. The molecule has 0 saturated heterocycles. The van der Waals surface area contributed by atoms with Gasteiger partial charge in [-0.25, -0.2) is 0 Å². The molecule has 0 atom stereocenters. The summed E-state index contributed by atoms with van der Waals surface area (Å²) in [5.74, 6) is 0. The highest BCUT2D eigenvalue weighted by Crippen LogP contribution is 2.49. The van der Waals surface area contributed by atoms with Gasteiger partial charge in [-0.15, -0.1) is 11.3 Å². The van der Waals surface area contributed by atoms with Crippen LogP contribution in [0.3, 0.4) is 0 Å². The molecule has 0 saturated carbocycles. The van der Waals surface area contributed by atoms with Crippen molar-refractivity contribution in [1.82, 2.24) is 4.57 Å². The van der Waals surface area contributed by atoms with Crippen molar-refractivity contribution in [2.75, 3.05) is 4.90 Å². The Bertz CT molecular complexity index is 3470. The lowest BCUT2D eigenvalue weighted by atomic mass is 9.93. The first-order valence-electron chi connectivity index (χ1n) is 21.2. The van der Waals surface area contributed by atoms with E-state index in [4.69, 9.17) is 0 Å². The van der Waals surface area contributed by atoms with Gasteiger partial charge in [-0.05, 0) is 88.8 Å². The normalized spacial score (nSPS) is 12.4. The van der Waals surface area contributed by atoms with Crippen molar-refractivity contribution in [2.24, 2.45) is 0 Å². The molecule has 288 valence electrons. The first-order valence-corrected chi connectivity index (χ1v) is 22.0. The molecule has 2 heterocycles. The van der Waals surface area contributed by atoms with Gasteiger partial charge < -0.3 is 9.47 Å². The average Bonchev–Trinajstić information content (AvgIpc) is 3.88. The second-order valence-corrected chi connectivity index (χ2v) is 17.0. The van der Waals surface area contributed by atoms with Gasteiger partial charge in [-0.2, -0.15) is 0 Å². The third-order valence-electron chi connectivity index (χ3n) is 12.5. The standard InChI is InChI=1S/C58H40N2S/c1-2-16-40(17-3-1)46-37-32-41(45-25-14-19-39-18-4-5-20-44(39)45)38-56(46)60(43-35-33-42(34-36-43)59-53-28-10-6-21-47(53)48-22-7-11-29-54(48)59)55-30-12-8-23-49(55)51-26-15-27-52-50-24-9-13-31-57(50)61-58(51)52/h1-10,12-28,30-38H,11,29H2. The summed E-state index contributed by atoms with van der Waals surface area (Å²) in [6, 6.07) is 76.0. The van der Waals surface area contributed by atoms with Crippen LogP contribution < -0.4 is 4.90 Å². The molecule has 0 spiro atoms. The number of fused-ring (bicyclic) bond motifs is 7. The molecule has 2 aromatic heterocycles. The van der Waals surface area contributed by atoms with E-state index in [1.54, 1.807) is 0 Å². The van der Waals surface area contributed by atoms with Crippen LogP contribution in [0, 0.1) is 0 Å². The summed E-state index contributed by atoms with van der Waals surface area (Å²) in [5.41, 5.74) is 15.6. The molecule has 1 aliphatic rings. The van der Waals surface area contributed by atoms with Crippen LogP contribution >= 0.6 is 11.3 Å². The molecular weight excluding hydrogens is 757 g/mol. The number of aromatic nitrogens is 1. The van der Waals surface area contributed by atoms with E-state index in [-0.39, 0.29) is 0 Å². The predicted molar refractivity (Wildman–Crippen MR) is 262 cm³/mol. The van der Waals surface area contributed by atoms with Gasteiger partial charge in [-0.1, -0.05) is 170 Å². The monoisotopic (exact) mass is 796 g/mol. The minimum atomic E-state index is 1.02. The van der Waals surface area contributed by atoms with Crippen LogP contribution in [0.1, 0.15) is 17.7 Å². The van der Waals surface area contributed by atoms with E-state index < -0.39 is 0 Å². The van der Waals surface area contributed by atoms with Gasteiger partial charge >= 0.3 is 0 Å². The molecule has 3 heteroatoms. The van der Waals surface area contributed by atoms with Gasteiger partial charge in [0.15, 0.2) is 0 Å². The molecule has 12 rings (SSSR count). The van der Waals surface area contributed by atoms with E-state index in [1.165, 1.54) is 92.2 Å². The lowest BCUT2D eigenvalue weighted by Crippen LogP contribution is -2.13. The van der Waals surface area contributed by atoms with Crippen molar-refractivity contribution in [3.63, 3.8) is 0 Å². The van der Waals surface area contributed by atoms with Crippen molar-refractivity contribution in [3.05, 3.63) is 224 Å². The molecule has 1 aliphatic carbocycles. The van der Waals surface area contributed by atoms with E-state index in [2.05, 4.69) is 228 Å². The lowest BCUT2D eigenvalue weighted by Gasteiger charge is -2.31. The fourth-order valence-corrected chi connectivity index (χ4v) is 10.9. The van der Waals surface area contributed by atoms with Crippen LogP contribution in [0.15, 0.2) is 212 Å². The van der Waals surface area contributed by atoms with Crippen LogP contribution in [-0.4, -0.2) is 4.57 Å². The van der Waals surface area contributed by atoms with E-state index in [0.717, 1.165) is 29.9 Å². The fourth-order valence-electron chi connectivity index (χ4n) is 9.70. The maximum absolute atomic E-state index is 2.51. The predicted octanol–water partition coefficient (Wildman–Crippen LogP) is 16.6. The number of nitrogens with zero attached hydrogens (tertiary/aromatic N) is 2. The zero-order valence-corrected chi connectivity index (χ0v) is 34.3. The highest BCUT2D eigenvalue weighted by Gasteiger charge is 2.24. The number of thiophene rings is 1. The Hall–Kier alpha value is -7.46. The highest BCUT2D eigenvalue weighted by molar-refractivity contribution is 7.26. The van der Waals surface area contributed by atoms with Gasteiger partial charge in [0.1, 0.15) is 0 Å². The molecular formula is C58H40N2S. The van der Waals surface area contributed by atoms with Crippen LogP contribution in [0.4, 0.5) is 17.1 Å². The molecule has 9 aromatic carbocycles. The summed E-state index contributed by atoms with van der Waals surface area (Å²) in [7, 11) is 0. The quantitative estimate of drug-likeness (QED) is 0.156. The van der Waals surface area contributed by atoms with E-state index in [9.17, 15) is 0 Å². The number of para-hydroxylation sites is 2. The SMILES string of the molecule is C1=Cc2c(n(-c3ccc(N(c4cc(-c5cccc6ccccc56)ccc4-c4ccccc4)c4ccccc4-c4cccc5c4sc4ccccc45)cc3)c3ccccc23)CC1. The largest absolute Gasteiger partial charge is 0.313 e. The summed E-state index contributed by atoms with van der Waals surface area (Å²) >= 11 is 1.88. The Balaban J connectivity index is 1.12. The van der Waals surface area contributed by atoms with Gasteiger partial charge in [0, 0.05) is 64.9 Å². The van der Waals surface area contributed by atoms with Gasteiger partial charge in [0.05, 0.1) is 16.9 Å². The third kappa shape index (κ3) is 5.92. The number of rotatable bonds is 7. The smallest absolute Gasteiger partial charge is 0.0546 e. The maximum Gasteiger partial charge on any atom is 0.0546 e. The van der Waals surface area contributed by atoms with Crippen LogP contribution in [0.5, 0.6) is 0 Å². The third-order valence-corrected chi connectivity index (χ3v) is 13.7. The van der Waals surface area contributed by atoms with Crippen molar-refractivity contribution < 1.29 is 0 Å². The number of benzene rings is 9. The zero-order chi connectivity index (χ0) is 40.3. The lowest BCUT2D eigenvalue weighted by molar-refractivity contribution is 0.888. The summed E-state index contributed by atoms with van der Waals surface area (Å²) in [6.45, 7) is 0. The van der Waals surface area contributed by atoms with Gasteiger partial charge in [0.25, 0.3) is 0 Å². The maximum atomic E-state index is 2.51. The first-order chi connectivity index (χ1) is 30.3. The minimum Gasteiger partial charge on any atom is -0.313 e. The summed E-state index contributed by atoms with van der Waals surface area (Å²) in [4.78, 5) is 2.51. The van der Waals surface area contributed by atoms with Crippen molar-refractivity contribution in [3.8, 4) is 39.1 Å². The fraction of sp³-hybridized carbons (Fsp3) is 0.0345. The zero-order valence-electron chi connectivity index (χ0n) is 33.5. The average molecular weight is 797 g/mol. The summed E-state index contributed by atoms with van der Waals surface area (Å²) in [5, 5.41) is 6.38. The number of anilines is 3. The molecule has 0 unspecified atom stereocenters. The number of hydrogen-bond acceptors (Lipinski definition) is 2. The Kier molecular flexibility index (Phi) is 8.53. The number of allylic oxidation sites excluding steroid dienone is 1. The van der Waals surface area contributed by atoms with Crippen molar-refractivity contribution in [2.45, 2.75) is 12.8 Å². The highest BCUT2D eigenvalue weighted by atomic mass is 32.1. The Labute approximate surface area is 359 Å². The van der Waals surface area contributed by atoms with Crippen LogP contribution in [-0.2, 0) is 6.42 Å². The second kappa shape index (κ2) is 14.7. The topological polar surface area (TPSA) is 8.17 Å². The molecule has 0 fully saturated rings. The summed E-state index contributed by atoms with van der Waals surface area (Å²) < 4.78 is 5.09. The van der Waals surface area contributed by atoms with Crippen molar-refractivity contribution in [1.29, 1.82) is 0 Å². The Morgan fingerprint density at radius 1 is 0.459 bits per heavy atom. The van der Waals surface area contributed by atoms with E-state index in [0.29, 0.717) is 0 Å². The Morgan fingerprint density at radius 2 is 1.15 bits per heavy atom. The summed E-state index contributed by atoms with van der Waals surface area (Å²) in [6.07, 6.45) is 6.70. The van der Waals surface area contributed by atoms with Gasteiger partial charge in [0.2, 0.25) is 0 Å². The second-order valence-electron chi connectivity index (χ2n) is 15.9. The molecule has 0 aliphatic heterocycles. The molecule has 0 bridgehead atoms. The van der Waals surface area contributed by atoms with Crippen molar-refractivity contribution >= 4 is 76.3 Å². The van der Waals surface area contributed by atoms with E-state index in [1.807, 2.05) is 11.3 Å². The first kappa shape index (κ1) is 35.5.